The second-order valence-electron chi connectivity index (χ2n) is 4.67. The Morgan fingerprint density at radius 2 is 2.33 bits per heavy atom. The lowest BCUT2D eigenvalue weighted by molar-refractivity contribution is -0.119. The fourth-order valence-corrected chi connectivity index (χ4v) is 2.13. The Hall–Kier alpha value is -2.12. The van der Waals surface area contributed by atoms with E-state index in [1.165, 1.54) is 0 Å². The van der Waals surface area contributed by atoms with Gasteiger partial charge in [0, 0.05) is 26.9 Å². The largest absolute Gasteiger partial charge is 0.390 e. The molecule has 0 spiro atoms. The van der Waals surface area contributed by atoms with Gasteiger partial charge in [-0.15, -0.1) is 0 Å². The van der Waals surface area contributed by atoms with Crippen molar-refractivity contribution in [2.75, 3.05) is 38.8 Å². The van der Waals surface area contributed by atoms with Crippen LogP contribution in [0.2, 0.25) is 0 Å². The van der Waals surface area contributed by atoms with E-state index in [0.29, 0.717) is 24.7 Å². The van der Waals surface area contributed by atoms with Crippen LogP contribution in [-0.4, -0.2) is 54.3 Å². The van der Waals surface area contributed by atoms with Crippen molar-refractivity contribution in [2.24, 2.45) is 0 Å². The quantitative estimate of drug-likeness (QED) is 0.704. The van der Waals surface area contributed by atoms with Crippen molar-refractivity contribution >= 4 is 17.4 Å². The summed E-state index contributed by atoms with van der Waals surface area (Å²) in [6.45, 7) is 0.976. The molecule has 0 aromatic carbocycles. The molecule has 0 bridgehead atoms. The summed E-state index contributed by atoms with van der Waals surface area (Å²) in [6.07, 6.45) is 1.84. The van der Waals surface area contributed by atoms with E-state index in [-0.39, 0.29) is 19.1 Å². The summed E-state index contributed by atoms with van der Waals surface area (Å²) in [5, 5.41) is 12.3. The molecule has 0 atom stereocenters. The third kappa shape index (κ3) is 3.50. The Labute approximate surface area is 123 Å². The first-order chi connectivity index (χ1) is 10.2. The molecule has 2 rings (SSSR count). The number of methoxy groups -OCH3 is 1. The minimum atomic E-state index is -0.143. The highest BCUT2D eigenvalue weighted by atomic mass is 16.5. The molecule has 114 valence electrons. The monoisotopic (exact) mass is 292 g/mol. The molecule has 2 aromatic heterocycles. The van der Waals surface area contributed by atoms with Crippen LogP contribution in [0.4, 0.5) is 5.82 Å². The van der Waals surface area contributed by atoms with E-state index in [1.807, 2.05) is 28.8 Å². The average molecular weight is 292 g/mol. The van der Waals surface area contributed by atoms with Crippen molar-refractivity contribution in [1.29, 1.82) is 0 Å². The number of nitrogens with zero attached hydrogens (tertiary/aromatic N) is 3. The van der Waals surface area contributed by atoms with E-state index in [9.17, 15) is 9.90 Å². The molecular formula is C14H20N4O3. The molecule has 1 amide bonds. The maximum atomic E-state index is 11.8. The molecule has 2 aromatic rings. The average Bonchev–Trinajstić information content (AvgIpc) is 2.86. The zero-order chi connectivity index (χ0) is 15.2. The van der Waals surface area contributed by atoms with Gasteiger partial charge in [0.25, 0.3) is 0 Å². The number of aliphatic hydroxyl groups is 1. The summed E-state index contributed by atoms with van der Waals surface area (Å²) in [5.41, 5.74) is 1.40. The number of carbonyl (C=O) groups is 1. The molecule has 0 fully saturated rings. The normalized spacial score (nSPS) is 10.8. The van der Waals surface area contributed by atoms with Gasteiger partial charge in [-0.25, -0.2) is 4.98 Å². The number of amides is 1. The molecular weight excluding hydrogens is 272 g/mol. The van der Waals surface area contributed by atoms with Crippen LogP contribution in [0.1, 0.15) is 5.69 Å². The van der Waals surface area contributed by atoms with E-state index in [0.717, 1.165) is 5.65 Å². The van der Waals surface area contributed by atoms with Gasteiger partial charge in [-0.1, -0.05) is 6.07 Å². The fourth-order valence-electron chi connectivity index (χ4n) is 2.13. The second-order valence-corrected chi connectivity index (χ2v) is 4.67. The third-order valence-electron chi connectivity index (χ3n) is 3.13. The van der Waals surface area contributed by atoms with Gasteiger partial charge in [0.2, 0.25) is 5.91 Å². The zero-order valence-electron chi connectivity index (χ0n) is 12.2. The van der Waals surface area contributed by atoms with Crippen molar-refractivity contribution in [3.63, 3.8) is 0 Å². The summed E-state index contributed by atoms with van der Waals surface area (Å²) >= 11 is 0. The molecule has 7 heteroatoms. The molecule has 2 N–H and O–H groups in total. The summed E-state index contributed by atoms with van der Waals surface area (Å²) in [4.78, 5) is 18.0. The topological polar surface area (TPSA) is 79.1 Å². The number of imidazole rings is 1. The van der Waals surface area contributed by atoms with Crippen molar-refractivity contribution in [3.05, 3.63) is 30.1 Å². The van der Waals surface area contributed by atoms with Crippen LogP contribution in [0.3, 0.4) is 0 Å². The van der Waals surface area contributed by atoms with Crippen LogP contribution in [0, 0.1) is 0 Å². The predicted octanol–water partition coefficient (Wildman–Crippen LogP) is 0.0254. The first-order valence-electron chi connectivity index (χ1n) is 6.71. The van der Waals surface area contributed by atoms with Crippen LogP contribution in [0.5, 0.6) is 0 Å². The Balaban J connectivity index is 2.11. The van der Waals surface area contributed by atoms with Gasteiger partial charge in [-0.05, 0) is 12.1 Å². The van der Waals surface area contributed by atoms with Crippen LogP contribution >= 0.6 is 0 Å². The molecule has 7 nitrogen and oxygen atoms in total. The van der Waals surface area contributed by atoms with Crippen molar-refractivity contribution in [1.82, 2.24) is 14.7 Å². The van der Waals surface area contributed by atoms with Crippen LogP contribution < -0.4 is 10.2 Å². The summed E-state index contributed by atoms with van der Waals surface area (Å²) in [5.74, 6) is 0.487. The van der Waals surface area contributed by atoms with Crippen molar-refractivity contribution in [2.45, 2.75) is 6.61 Å². The lowest BCUT2D eigenvalue weighted by Gasteiger charge is -2.17. The van der Waals surface area contributed by atoms with E-state index < -0.39 is 0 Å². The number of rotatable bonds is 7. The number of nitrogens with one attached hydrogen (secondary N) is 1. The zero-order valence-corrected chi connectivity index (χ0v) is 12.2. The SMILES string of the molecule is COCCNC(=O)CN(C)c1nc2ccccn2c1CO. The summed E-state index contributed by atoms with van der Waals surface area (Å²) < 4.78 is 6.70. The number of hydrogen-bond donors (Lipinski definition) is 2. The number of anilines is 1. The minimum Gasteiger partial charge on any atom is -0.390 e. The first-order valence-corrected chi connectivity index (χ1v) is 6.71. The Morgan fingerprint density at radius 1 is 1.52 bits per heavy atom. The molecule has 0 aliphatic heterocycles. The van der Waals surface area contributed by atoms with Crippen LogP contribution in [0.15, 0.2) is 24.4 Å². The molecule has 0 saturated heterocycles. The number of likely N-dealkylation sites (N-methyl/N-ethyl adjacent to an activating group) is 1. The maximum Gasteiger partial charge on any atom is 0.239 e. The van der Waals surface area contributed by atoms with Gasteiger partial charge >= 0.3 is 0 Å². The van der Waals surface area contributed by atoms with Gasteiger partial charge < -0.3 is 20.1 Å². The Bertz CT molecular complexity index is 611. The van der Waals surface area contributed by atoms with Crippen LogP contribution in [0.25, 0.3) is 5.65 Å². The number of carbonyl (C=O) groups excluding carboxylic acids is 1. The molecule has 0 radical (unpaired) electrons. The van der Waals surface area contributed by atoms with Gasteiger partial charge in [-0.3, -0.25) is 9.20 Å². The summed E-state index contributed by atoms with van der Waals surface area (Å²) in [6, 6.07) is 5.61. The Morgan fingerprint density at radius 3 is 3.05 bits per heavy atom. The van der Waals surface area contributed by atoms with Gasteiger partial charge in [-0.2, -0.15) is 0 Å². The first kappa shape index (κ1) is 15.3. The number of hydrogen-bond acceptors (Lipinski definition) is 5. The molecule has 0 aliphatic carbocycles. The van der Waals surface area contributed by atoms with Crippen molar-refractivity contribution in [3.8, 4) is 0 Å². The van der Waals surface area contributed by atoms with Gasteiger partial charge in [0.15, 0.2) is 5.82 Å². The highest BCUT2D eigenvalue weighted by molar-refractivity contribution is 5.81. The highest BCUT2D eigenvalue weighted by Gasteiger charge is 2.16. The number of fused-ring (bicyclic) bond motifs is 1. The molecule has 0 unspecified atom stereocenters. The second kappa shape index (κ2) is 7.05. The smallest absolute Gasteiger partial charge is 0.239 e. The van der Waals surface area contributed by atoms with Crippen molar-refractivity contribution < 1.29 is 14.6 Å². The number of aliphatic hydroxyl groups excluding tert-OH is 1. The number of aromatic nitrogens is 2. The third-order valence-corrected chi connectivity index (χ3v) is 3.13. The fraction of sp³-hybridized carbons (Fsp3) is 0.429. The summed E-state index contributed by atoms with van der Waals surface area (Å²) in [7, 11) is 3.36. The molecule has 2 heterocycles. The van der Waals surface area contributed by atoms with Gasteiger partial charge in [0.05, 0.1) is 25.5 Å². The molecule has 21 heavy (non-hydrogen) atoms. The highest BCUT2D eigenvalue weighted by Crippen LogP contribution is 2.20. The number of ether oxygens (including phenoxy) is 1. The lowest BCUT2D eigenvalue weighted by Crippen LogP contribution is -2.37. The predicted molar refractivity (Wildman–Crippen MR) is 79.3 cm³/mol. The molecule has 0 saturated carbocycles. The van der Waals surface area contributed by atoms with E-state index in [1.54, 1.807) is 19.1 Å². The minimum absolute atomic E-state index is 0.115. The molecule has 0 aliphatic rings. The van der Waals surface area contributed by atoms with E-state index in [4.69, 9.17) is 4.74 Å². The van der Waals surface area contributed by atoms with Gasteiger partial charge in [0.1, 0.15) is 5.65 Å². The van der Waals surface area contributed by atoms with E-state index >= 15 is 0 Å². The lowest BCUT2D eigenvalue weighted by atomic mass is 10.4. The van der Waals surface area contributed by atoms with Crippen LogP contribution in [-0.2, 0) is 16.1 Å². The van der Waals surface area contributed by atoms with E-state index in [2.05, 4.69) is 10.3 Å². The number of pyridine rings is 1. The standard InChI is InChI=1S/C14H20N4O3/c1-17(9-13(20)15-6-8-21-2)14-11(10-19)18-7-4-3-5-12(18)16-14/h3-5,7,19H,6,8-10H2,1-2H3,(H,15,20). The Kier molecular flexibility index (Phi) is 5.13. The maximum absolute atomic E-state index is 11.8.